The summed E-state index contributed by atoms with van der Waals surface area (Å²) < 4.78 is 10.9. The summed E-state index contributed by atoms with van der Waals surface area (Å²) in [6.07, 6.45) is 9.33. The minimum Gasteiger partial charge on any atom is -1.00 e. The largest absolute Gasteiger partial charge is 4.00 e. The van der Waals surface area contributed by atoms with Crippen LogP contribution in [0, 0.1) is 17.6 Å². The molecular formula is C19H30Cl2O2SiZr. The van der Waals surface area contributed by atoms with Crippen LogP contribution in [0.4, 0.5) is 0 Å². The molecule has 2 rings (SSSR count). The molecule has 0 atom stereocenters. The maximum atomic E-state index is 5.78. The Bertz CT molecular complexity index is 556. The van der Waals surface area contributed by atoms with Crippen LogP contribution in [0.3, 0.4) is 0 Å². The predicted octanol–water partition coefficient (Wildman–Crippen LogP) is -0.423. The zero-order valence-electron chi connectivity index (χ0n) is 16.9. The molecule has 140 valence electrons. The van der Waals surface area contributed by atoms with Crippen LogP contribution < -0.4 is 24.8 Å². The van der Waals surface area contributed by atoms with E-state index >= 15 is 0 Å². The van der Waals surface area contributed by atoms with Gasteiger partial charge in [0, 0.05) is 0 Å². The summed E-state index contributed by atoms with van der Waals surface area (Å²) >= 11 is 0. The molecule has 2 aliphatic carbocycles. The minimum atomic E-state index is -1.49. The molecule has 25 heavy (non-hydrogen) atoms. The summed E-state index contributed by atoms with van der Waals surface area (Å²) in [4.78, 5) is 0. The van der Waals surface area contributed by atoms with Crippen LogP contribution in [0.15, 0.2) is 34.3 Å². The van der Waals surface area contributed by atoms with E-state index in [9.17, 15) is 0 Å². The predicted molar refractivity (Wildman–Crippen MR) is 95.5 cm³/mol. The molecule has 2 nitrogen and oxygen atoms in total. The average molecular weight is 481 g/mol. The van der Waals surface area contributed by atoms with Crippen molar-refractivity contribution in [3.05, 3.63) is 46.5 Å². The Balaban J connectivity index is -0.000000350. The van der Waals surface area contributed by atoms with Crippen molar-refractivity contribution in [2.24, 2.45) is 5.41 Å². The zero-order valence-corrected chi connectivity index (χ0v) is 21.8. The number of hydrogen-bond acceptors (Lipinski definition) is 2. The molecule has 0 spiro atoms. The van der Waals surface area contributed by atoms with Crippen LogP contribution >= 0.6 is 0 Å². The van der Waals surface area contributed by atoms with Gasteiger partial charge < -0.3 is 34.0 Å². The van der Waals surface area contributed by atoms with E-state index in [1.165, 1.54) is 16.7 Å². The fourth-order valence-corrected chi connectivity index (χ4v) is 3.25. The van der Waals surface area contributed by atoms with Gasteiger partial charge >= 0.3 is 26.2 Å². The molecule has 0 aromatic rings. The average Bonchev–Trinajstić information content (AvgIpc) is 2.87. The molecule has 6 heteroatoms. The van der Waals surface area contributed by atoms with Gasteiger partial charge in [-0.25, -0.2) is 11.6 Å². The second-order valence-electron chi connectivity index (χ2n) is 7.32. The second-order valence-corrected chi connectivity index (χ2v) is 11.8. The Morgan fingerprint density at radius 1 is 1.08 bits per heavy atom. The van der Waals surface area contributed by atoms with Crippen molar-refractivity contribution >= 4 is 8.32 Å². The van der Waals surface area contributed by atoms with Crippen molar-refractivity contribution in [1.82, 2.24) is 0 Å². The van der Waals surface area contributed by atoms with Crippen molar-refractivity contribution in [3.8, 4) is 0 Å². The van der Waals surface area contributed by atoms with Crippen molar-refractivity contribution in [1.29, 1.82) is 0 Å². The molecule has 0 aliphatic heterocycles. The van der Waals surface area contributed by atoms with Gasteiger partial charge in [-0.05, 0) is 31.2 Å². The van der Waals surface area contributed by atoms with E-state index in [-0.39, 0.29) is 56.4 Å². The Morgan fingerprint density at radius 3 is 1.88 bits per heavy atom. The van der Waals surface area contributed by atoms with Gasteiger partial charge in [-0.15, -0.1) is 19.4 Å². The Kier molecular flexibility index (Phi) is 14.2. The fourth-order valence-electron chi connectivity index (χ4n) is 2.41. The Labute approximate surface area is 187 Å². The molecule has 0 fully saturated rings. The summed E-state index contributed by atoms with van der Waals surface area (Å²) in [7, 11) is 0.158. The third-order valence-corrected chi connectivity index (χ3v) is 4.79. The molecule has 2 aliphatic rings. The number of halogens is 2. The van der Waals surface area contributed by atoms with Crippen LogP contribution in [-0.4, -0.2) is 15.4 Å². The summed E-state index contributed by atoms with van der Waals surface area (Å²) in [6.45, 7) is 17.4. The zero-order chi connectivity index (χ0) is 17.1. The minimum absolute atomic E-state index is 0. The number of allylic oxidation sites excluding steroid dienone is 6. The van der Waals surface area contributed by atoms with E-state index in [4.69, 9.17) is 9.16 Å². The van der Waals surface area contributed by atoms with Gasteiger partial charge in [-0.2, -0.15) is 11.1 Å². The third-order valence-electron chi connectivity index (χ3n) is 3.96. The normalized spacial score (nSPS) is 17.6. The number of ether oxygens (including phenoxy) is 1. The van der Waals surface area contributed by atoms with E-state index in [1.54, 1.807) is 7.11 Å². The van der Waals surface area contributed by atoms with Crippen molar-refractivity contribution in [3.63, 3.8) is 0 Å². The molecule has 0 saturated carbocycles. The van der Waals surface area contributed by atoms with E-state index in [0.717, 1.165) is 17.9 Å². The molecule has 0 N–H and O–H groups in total. The molecule has 0 aromatic heterocycles. The number of methoxy groups -OCH3 is 1. The van der Waals surface area contributed by atoms with Gasteiger partial charge in [-0.1, -0.05) is 33.1 Å². The molecular weight excluding hydrogens is 450 g/mol. The first-order valence-corrected chi connectivity index (χ1v) is 11.2. The quantitative estimate of drug-likeness (QED) is 0.404. The summed E-state index contributed by atoms with van der Waals surface area (Å²) in [5, 5.41) is 0. The van der Waals surface area contributed by atoms with Gasteiger partial charge in [0.2, 0.25) is 8.32 Å². The topological polar surface area (TPSA) is 18.5 Å². The van der Waals surface area contributed by atoms with E-state index in [0.29, 0.717) is 0 Å². The first-order chi connectivity index (χ1) is 9.98. The Hall–Kier alpha value is 0.240. The monoisotopic (exact) mass is 478 g/mol. The van der Waals surface area contributed by atoms with Gasteiger partial charge in [0.05, 0.1) is 7.11 Å². The van der Waals surface area contributed by atoms with Gasteiger partial charge in [0.15, 0.2) is 0 Å². The molecule has 0 saturated heterocycles. The molecule has 0 radical (unpaired) electrons. The maximum Gasteiger partial charge on any atom is 4.00 e. The fraction of sp³-hybridized carbons (Fsp3) is 0.579. The molecule has 0 bridgehead atoms. The van der Waals surface area contributed by atoms with Gasteiger partial charge in [0.25, 0.3) is 0 Å². The van der Waals surface area contributed by atoms with Crippen molar-refractivity contribution in [2.45, 2.75) is 60.7 Å². The third kappa shape index (κ3) is 9.13. The van der Waals surface area contributed by atoms with Gasteiger partial charge in [-0.3, -0.25) is 6.08 Å². The van der Waals surface area contributed by atoms with Crippen molar-refractivity contribution < 1.29 is 60.2 Å². The standard InChI is InChI=1S/C10H15.C9H15O2Si.2ClH.Zr/c1-7-6-10(4,5)9(3)8(7)2;1-10-8-6-5-7-9(8)11-12(2,3)4;;;/h1-5H3;7H,5H2,1-4H3;2*1H;/q2*-1;;;+4/p-2. The smallest absolute Gasteiger partial charge is 1.00 e. The molecule has 0 heterocycles. The first kappa shape index (κ1) is 30.0. The van der Waals surface area contributed by atoms with Crippen LogP contribution in [0.5, 0.6) is 0 Å². The van der Waals surface area contributed by atoms with Crippen LogP contribution in [0.2, 0.25) is 19.6 Å². The number of rotatable bonds is 3. The van der Waals surface area contributed by atoms with E-state index in [1.807, 2.05) is 6.08 Å². The van der Waals surface area contributed by atoms with Crippen molar-refractivity contribution in [2.75, 3.05) is 7.11 Å². The summed E-state index contributed by atoms with van der Waals surface area (Å²) in [5.74, 6) is 1.63. The molecule has 0 amide bonds. The summed E-state index contributed by atoms with van der Waals surface area (Å²) in [6, 6.07) is 0. The summed E-state index contributed by atoms with van der Waals surface area (Å²) in [5.41, 5.74) is 4.39. The van der Waals surface area contributed by atoms with Gasteiger partial charge in [0.1, 0.15) is 0 Å². The SMILES string of the molecule is CC1=[C-]C(C)(C)C(C)=C1C.COC1=[C-]CC=C1O[Si](C)(C)C.[Cl-].[Cl-].[Zr+4]. The molecule has 0 unspecified atom stereocenters. The van der Waals surface area contributed by atoms with Crippen LogP contribution in [-0.2, 0) is 35.4 Å². The second kappa shape index (κ2) is 11.8. The maximum absolute atomic E-state index is 5.78. The van der Waals surface area contributed by atoms with E-state index in [2.05, 4.69) is 66.4 Å². The first-order valence-electron chi connectivity index (χ1n) is 7.82. The van der Waals surface area contributed by atoms with E-state index < -0.39 is 8.32 Å². The molecule has 0 aromatic carbocycles. The van der Waals surface area contributed by atoms with Crippen LogP contribution in [0.25, 0.3) is 0 Å². The Morgan fingerprint density at radius 2 is 1.60 bits per heavy atom. The van der Waals surface area contributed by atoms with Crippen LogP contribution in [0.1, 0.15) is 41.0 Å². The number of hydrogen-bond donors (Lipinski definition) is 0.